The molecule has 0 aromatic rings. The molecule has 16 nitrogen and oxygen atoms in total. The molecule has 15 atom stereocenters. The van der Waals surface area contributed by atoms with Crippen LogP contribution in [0, 0.1) is 0 Å². The molecule has 0 saturated carbocycles. The molecule has 3 saturated heterocycles. The van der Waals surface area contributed by atoms with Gasteiger partial charge >= 0.3 is 0 Å². The fraction of sp³-hybridized carbons (Fsp3) is 1.00. The minimum atomic E-state index is -1.04. The van der Waals surface area contributed by atoms with Gasteiger partial charge < -0.3 is 75.8 Å². The van der Waals surface area contributed by atoms with E-state index in [2.05, 4.69) is 0 Å². The fourth-order valence-corrected chi connectivity index (χ4v) is 6.44. The van der Waals surface area contributed by atoms with Crippen LogP contribution in [-0.2, 0) is 75.8 Å². The van der Waals surface area contributed by atoms with Crippen LogP contribution in [0.2, 0.25) is 0 Å². The Morgan fingerprint density at radius 3 is 0.867 bits per heavy atom. The first kappa shape index (κ1) is 38.8. The Morgan fingerprint density at radius 1 is 0.311 bits per heavy atom. The molecule has 0 radical (unpaired) electrons. The molecule has 266 valence electrons. The monoisotopic (exact) mass is 658 g/mol. The van der Waals surface area contributed by atoms with E-state index in [-0.39, 0.29) is 19.8 Å². The molecule has 0 bridgehead atoms. The van der Waals surface area contributed by atoms with Crippen molar-refractivity contribution in [1.29, 1.82) is 0 Å². The first-order valence-corrected chi connectivity index (χ1v) is 14.8. The van der Waals surface area contributed by atoms with Crippen molar-refractivity contribution in [3.8, 4) is 0 Å². The average molecular weight is 659 g/mol. The second-order valence-electron chi connectivity index (χ2n) is 10.8. The highest BCUT2D eigenvalue weighted by Gasteiger charge is 2.56. The highest BCUT2D eigenvalue weighted by molar-refractivity contribution is 4.98. The van der Waals surface area contributed by atoms with Gasteiger partial charge in [0.05, 0.1) is 19.8 Å². The van der Waals surface area contributed by atoms with Gasteiger partial charge in [0.1, 0.15) is 73.2 Å². The lowest BCUT2D eigenvalue weighted by molar-refractivity contribution is -0.399. The van der Waals surface area contributed by atoms with Crippen molar-refractivity contribution in [3.63, 3.8) is 0 Å². The van der Waals surface area contributed by atoms with E-state index in [0.717, 1.165) is 0 Å². The Bertz CT molecular complexity index is 810. The van der Waals surface area contributed by atoms with E-state index >= 15 is 0 Å². The Balaban J connectivity index is 1.96. The molecule has 3 fully saturated rings. The smallest absolute Gasteiger partial charge is 0.190 e. The van der Waals surface area contributed by atoms with Crippen LogP contribution in [0.25, 0.3) is 0 Å². The highest BCUT2D eigenvalue weighted by Crippen LogP contribution is 2.36. The van der Waals surface area contributed by atoms with E-state index in [1.165, 1.54) is 14.2 Å². The number of ether oxygens (including phenoxy) is 16. The lowest BCUT2D eigenvalue weighted by Crippen LogP contribution is -2.67. The molecule has 45 heavy (non-hydrogen) atoms. The summed E-state index contributed by atoms with van der Waals surface area (Å²) in [7, 11) is 17.2. The van der Waals surface area contributed by atoms with Crippen LogP contribution in [0.5, 0.6) is 0 Å². The zero-order chi connectivity index (χ0) is 33.1. The first-order valence-electron chi connectivity index (χ1n) is 14.8. The summed E-state index contributed by atoms with van der Waals surface area (Å²) in [6, 6.07) is 0. The molecular weight excluding hydrogens is 604 g/mol. The Kier molecular flexibility index (Phi) is 16.7. The van der Waals surface area contributed by atoms with Gasteiger partial charge in [-0.2, -0.15) is 0 Å². The SMILES string of the molecule is COC[C@H]1O[C@@H](O[C@@H]2[C@@H](OC)[C@@H](O[C@H]3O[C@H](COC)[C@@H](OC)[C@H](OC)[C@H]3OC)O[C@H](COC)[C@H]2OC)[C@H](OC)[C@@H](OC)[C@@H]1OC. The summed E-state index contributed by atoms with van der Waals surface area (Å²) in [6.45, 7) is 0.608. The Labute approximate surface area is 266 Å². The molecule has 0 aromatic carbocycles. The third kappa shape index (κ3) is 8.70. The standard InChI is InChI=1S/C29H54O16/c1-30-12-15-18(33-4)21(36-7)24(38-9)27(41-15)44-23-20(35-6)17(14-32-3)43-29(26(23)40-11)45-28-25(39-10)22(37-8)19(34-5)16(42-28)13-31-2/h15-29H,12-14H2,1-11H3/t15-,16-,17-,18-,19-,20-,21+,22+,23+,24-,25-,26-,27+,28-,29-/m1/s1. The van der Waals surface area contributed by atoms with Crippen LogP contribution in [0.3, 0.4) is 0 Å². The van der Waals surface area contributed by atoms with Gasteiger partial charge in [0.25, 0.3) is 0 Å². The molecule has 0 amide bonds. The van der Waals surface area contributed by atoms with Gasteiger partial charge in [-0.15, -0.1) is 0 Å². The molecule has 0 unspecified atom stereocenters. The lowest BCUT2D eigenvalue weighted by Gasteiger charge is -2.50. The van der Waals surface area contributed by atoms with Gasteiger partial charge in [-0.05, 0) is 0 Å². The quantitative estimate of drug-likeness (QED) is 0.188. The number of hydrogen-bond donors (Lipinski definition) is 0. The van der Waals surface area contributed by atoms with Crippen molar-refractivity contribution in [2.75, 3.05) is 98.0 Å². The second-order valence-corrected chi connectivity index (χ2v) is 10.8. The summed E-state index contributed by atoms with van der Waals surface area (Å²) < 4.78 is 95.2. The van der Waals surface area contributed by atoms with E-state index < -0.39 is 92.1 Å². The van der Waals surface area contributed by atoms with Crippen LogP contribution in [-0.4, -0.2) is 190 Å². The van der Waals surface area contributed by atoms with Gasteiger partial charge in [-0.25, -0.2) is 0 Å². The summed E-state index contributed by atoms with van der Waals surface area (Å²) in [5.41, 5.74) is 0. The molecule has 0 N–H and O–H groups in total. The summed E-state index contributed by atoms with van der Waals surface area (Å²) in [5, 5.41) is 0. The third-order valence-electron chi connectivity index (χ3n) is 8.50. The van der Waals surface area contributed by atoms with E-state index in [0.29, 0.717) is 0 Å². The summed E-state index contributed by atoms with van der Waals surface area (Å²) in [4.78, 5) is 0. The van der Waals surface area contributed by atoms with Crippen molar-refractivity contribution in [2.24, 2.45) is 0 Å². The van der Waals surface area contributed by atoms with Crippen molar-refractivity contribution >= 4 is 0 Å². The zero-order valence-corrected chi connectivity index (χ0v) is 28.3. The van der Waals surface area contributed by atoms with Crippen molar-refractivity contribution in [2.45, 2.75) is 92.1 Å². The molecule has 3 aliphatic heterocycles. The minimum absolute atomic E-state index is 0.157. The Morgan fingerprint density at radius 2 is 0.578 bits per heavy atom. The van der Waals surface area contributed by atoms with Crippen LogP contribution in [0.1, 0.15) is 0 Å². The first-order chi connectivity index (χ1) is 21.9. The number of methoxy groups -OCH3 is 11. The van der Waals surface area contributed by atoms with E-state index in [1.807, 2.05) is 0 Å². The molecule has 0 spiro atoms. The van der Waals surface area contributed by atoms with Gasteiger partial charge in [0.2, 0.25) is 0 Å². The largest absolute Gasteiger partial charge is 0.382 e. The van der Waals surface area contributed by atoms with Crippen molar-refractivity contribution in [1.82, 2.24) is 0 Å². The van der Waals surface area contributed by atoms with Gasteiger partial charge in [-0.1, -0.05) is 0 Å². The number of rotatable bonds is 18. The van der Waals surface area contributed by atoms with Crippen LogP contribution in [0.15, 0.2) is 0 Å². The molecule has 16 heteroatoms. The minimum Gasteiger partial charge on any atom is -0.382 e. The predicted octanol–water partition coefficient (Wildman–Crippen LogP) is -0.378. The van der Waals surface area contributed by atoms with E-state index in [4.69, 9.17) is 75.8 Å². The highest BCUT2D eigenvalue weighted by atomic mass is 16.8. The van der Waals surface area contributed by atoms with Crippen LogP contribution < -0.4 is 0 Å². The van der Waals surface area contributed by atoms with Crippen molar-refractivity contribution in [3.05, 3.63) is 0 Å². The maximum Gasteiger partial charge on any atom is 0.190 e. The summed E-state index contributed by atoms with van der Waals surface area (Å²) >= 11 is 0. The third-order valence-corrected chi connectivity index (χ3v) is 8.50. The summed E-state index contributed by atoms with van der Waals surface area (Å²) in [5.74, 6) is 0. The van der Waals surface area contributed by atoms with Crippen LogP contribution in [0.4, 0.5) is 0 Å². The molecular formula is C29H54O16. The normalized spacial score (nSPS) is 42.6. The molecule has 3 rings (SSSR count). The topological polar surface area (TPSA) is 148 Å². The zero-order valence-electron chi connectivity index (χ0n) is 28.3. The molecule has 0 aliphatic carbocycles. The maximum atomic E-state index is 6.69. The van der Waals surface area contributed by atoms with Gasteiger partial charge in [-0.3, -0.25) is 0 Å². The van der Waals surface area contributed by atoms with Gasteiger partial charge in [0.15, 0.2) is 18.9 Å². The predicted molar refractivity (Wildman–Crippen MR) is 154 cm³/mol. The Hall–Kier alpha value is -0.640. The van der Waals surface area contributed by atoms with Gasteiger partial charge in [0, 0.05) is 78.2 Å². The van der Waals surface area contributed by atoms with Crippen LogP contribution >= 0.6 is 0 Å². The second kappa shape index (κ2) is 19.4. The molecule has 3 heterocycles. The average Bonchev–Trinajstić information content (AvgIpc) is 3.04. The maximum absolute atomic E-state index is 6.69. The number of hydrogen-bond acceptors (Lipinski definition) is 16. The molecule has 0 aromatic heterocycles. The van der Waals surface area contributed by atoms with E-state index in [9.17, 15) is 0 Å². The lowest BCUT2D eigenvalue weighted by atomic mass is 9.96. The fourth-order valence-electron chi connectivity index (χ4n) is 6.44. The summed E-state index contributed by atoms with van der Waals surface area (Å²) in [6.07, 6.45) is -10.4. The molecule has 3 aliphatic rings. The van der Waals surface area contributed by atoms with Crippen molar-refractivity contribution < 1.29 is 75.8 Å². The van der Waals surface area contributed by atoms with E-state index in [1.54, 1.807) is 64.0 Å².